The third-order valence-corrected chi connectivity index (χ3v) is 6.87. The molecule has 2 atom stereocenters. The van der Waals surface area contributed by atoms with Gasteiger partial charge in [0.25, 0.3) is 5.91 Å². The van der Waals surface area contributed by atoms with Gasteiger partial charge in [-0.3, -0.25) is 14.7 Å². The van der Waals surface area contributed by atoms with E-state index < -0.39 is 12.0 Å². The van der Waals surface area contributed by atoms with Gasteiger partial charge in [0, 0.05) is 23.1 Å². The molecule has 1 aromatic carbocycles. The Morgan fingerprint density at radius 1 is 1.19 bits per heavy atom. The molecule has 0 bridgehead atoms. The zero-order chi connectivity index (χ0) is 22.6. The van der Waals surface area contributed by atoms with E-state index in [1.165, 1.54) is 16.7 Å². The Morgan fingerprint density at radius 2 is 1.71 bits per heavy atom. The van der Waals surface area contributed by atoms with Gasteiger partial charge in [-0.05, 0) is 41.0 Å². The number of rotatable bonds is 3. The first-order valence-electron chi connectivity index (χ1n) is 10.0. The van der Waals surface area contributed by atoms with Crippen LogP contribution in [0.25, 0.3) is 0 Å². The van der Waals surface area contributed by atoms with Gasteiger partial charge in [0.05, 0.1) is 11.7 Å². The molecule has 2 aliphatic rings. The molecule has 1 N–H and O–H groups in total. The minimum atomic E-state index is -1.32. The summed E-state index contributed by atoms with van der Waals surface area (Å²) in [5.74, 6) is -0.824. The molecule has 1 fully saturated rings. The maximum atomic E-state index is 12.6. The van der Waals surface area contributed by atoms with Crippen LogP contribution in [-0.4, -0.2) is 45.3 Å². The number of carboxylic acid groups (broad SMARTS) is 1. The summed E-state index contributed by atoms with van der Waals surface area (Å²) in [6, 6.07) is 3.18. The van der Waals surface area contributed by atoms with Crippen molar-refractivity contribution in [1.29, 1.82) is 0 Å². The number of nitrogens with zero attached hydrogens (tertiary/aromatic N) is 2. The second-order valence-corrected chi connectivity index (χ2v) is 11.1. The minimum Gasteiger partial charge on any atom is -0.543 e. The van der Waals surface area contributed by atoms with Gasteiger partial charge in [0.1, 0.15) is 11.1 Å². The molecule has 1 aromatic rings. The van der Waals surface area contributed by atoms with Gasteiger partial charge in [0.15, 0.2) is 6.04 Å². The molecule has 31 heavy (non-hydrogen) atoms. The van der Waals surface area contributed by atoms with E-state index >= 15 is 0 Å². The van der Waals surface area contributed by atoms with Crippen LogP contribution in [0.4, 0.5) is 0 Å². The Bertz CT molecular complexity index is 938. The summed E-state index contributed by atoms with van der Waals surface area (Å²) in [5.41, 5.74) is 2.54. The van der Waals surface area contributed by atoms with E-state index in [4.69, 9.17) is 0 Å². The Hall–Kier alpha value is -1.68. The Morgan fingerprint density at radius 3 is 2.16 bits per heavy atom. The predicted molar refractivity (Wildman–Crippen MR) is 118 cm³/mol. The van der Waals surface area contributed by atoms with Gasteiger partial charge in [-0.1, -0.05) is 41.5 Å². The topological polar surface area (TPSA) is 93.0 Å². The van der Waals surface area contributed by atoms with E-state index in [-0.39, 0.29) is 46.7 Å². The number of aliphatic carboxylic acids is 1. The number of β-lactam (4-membered cyclic amide) rings is 1. The fourth-order valence-corrected chi connectivity index (χ4v) is 5.07. The van der Waals surface area contributed by atoms with Crippen LogP contribution in [0.3, 0.4) is 0 Å². The third kappa shape index (κ3) is 4.74. The van der Waals surface area contributed by atoms with Crippen LogP contribution in [0.5, 0.6) is 5.75 Å². The van der Waals surface area contributed by atoms with Crippen molar-refractivity contribution in [3.8, 4) is 5.75 Å². The number of carboxylic acids is 1. The summed E-state index contributed by atoms with van der Waals surface area (Å²) in [4.78, 5) is 29.9. The molecule has 0 aromatic heterocycles. The SMILES string of the molecule is CC1=C(C(=O)[O-])N2C(=O)[C@@H](/N=C/c3cc(C(C)(C)C)c(O)c(C(C)(C)C)c3)[C@H]2SC1.[Li+]. The van der Waals surface area contributed by atoms with Crippen LogP contribution < -0.4 is 24.0 Å². The van der Waals surface area contributed by atoms with Gasteiger partial charge in [-0.15, -0.1) is 11.8 Å². The van der Waals surface area contributed by atoms with Crippen molar-refractivity contribution in [2.45, 2.75) is 70.7 Å². The molecule has 2 heterocycles. The van der Waals surface area contributed by atoms with Crippen LogP contribution in [0.15, 0.2) is 28.4 Å². The van der Waals surface area contributed by atoms with Crippen molar-refractivity contribution >= 4 is 29.9 Å². The molecule has 0 saturated carbocycles. The van der Waals surface area contributed by atoms with Crippen LogP contribution in [0.1, 0.15) is 65.2 Å². The van der Waals surface area contributed by atoms with Crippen molar-refractivity contribution in [1.82, 2.24) is 4.90 Å². The average Bonchev–Trinajstić information content (AvgIpc) is 2.60. The van der Waals surface area contributed by atoms with E-state index in [0.717, 1.165) is 16.7 Å². The molecule has 8 heteroatoms. The van der Waals surface area contributed by atoms with Crippen molar-refractivity contribution in [3.05, 3.63) is 40.1 Å². The molecule has 0 unspecified atom stereocenters. The smallest absolute Gasteiger partial charge is 0.543 e. The van der Waals surface area contributed by atoms with E-state index in [0.29, 0.717) is 17.1 Å². The van der Waals surface area contributed by atoms with Crippen LogP contribution in [0.2, 0.25) is 0 Å². The average molecular weight is 437 g/mol. The summed E-state index contributed by atoms with van der Waals surface area (Å²) < 4.78 is 0. The van der Waals surface area contributed by atoms with Crippen molar-refractivity contribution < 1.29 is 38.7 Å². The number of fused-ring (bicyclic) bond motifs is 1. The van der Waals surface area contributed by atoms with Crippen molar-refractivity contribution in [3.63, 3.8) is 0 Å². The number of amides is 1. The van der Waals surface area contributed by atoms with Crippen LogP contribution in [-0.2, 0) is 20.4 Å². The normalized spacial score (nSPS) is 21.6. The first-order chi connectivity index (χ1) is 13.7. The fourth-order valence-electron chi connectivity index (χ4n) is 3.79. The van der Waals surface area contributed by atoms with Gasteiger partial charge < -0.3 is 15.0 Å². The maximum absolute atomic E-state index is 12.6. The molecule has 1 saturated heterocycles. The maximum Gasteiger partial charge on any atom is 1.00 e. The summed E-state index contributed by atoms with van der Waals surface area (Å²) in [6.45, 7) is 13.9. The summed E-state index contributed by atoms with van der Waals surface area (Å²) in [5, 5.41) is 22.0. The van der Waals surface area contributed by atoms with Gasteiger partial charge in [-0.25, -0.2) is 0 Å². The quantitative estimate of drug-likeness (QED) is 0.400. The third-order valence-electron chi connectivity index (χ3n) is 5.46. The molecule has 6 nitrogen and oxygen atoms in total. The van der Waals surface area contributed by atoms with Gasteiger partial charge in [-0.2, -0.15) is 0 Å². The number of aromatic hydroxyl groups is 1. The fraction of sp³-hybridized carbons (Fsp3) is 0.522. The number of carbonyl (C=O) groups is 2. The van der Waals surface area contributed by atoms with Gasteiger partial charge in [0.2, 0.25) is 0 Å². The molecule has 0 radical (unpaired) electrons. The van der Waals surface area contributed by atoms with Gasteiger partial charge >= 0.3 is 18.9 Å². The zero-order valence-corrected chi connectivity index (χ0v) is 20.4. The number of hydrogen-bond donors (Lipinski definition) is 1. The van der Waals surface area contributed by atoms with Crippen molar-refractivity contribution in [2.24, 2.45) is 4.99 Å². The Labute approximate surface area is 200 Å². The summed E-state index contributed by atoms with van der Waals surface area (Å²) >= 11 is 1.51. The second kappa shape index (κ2) is 8.69. The first kappa shape index (κ1) is 25.6. The molecule has 162 valence electrons. The molecule has 0 aliphatic carbocycles. The number of thioether (sulfide) groups is 1. The number of aliphatic imine (C=N–C) groups is 1. The number of benzene rings is 1. The summed E-state index contributed by atoms with van der Waals surface area (Å²) in [6.07, 6.45) is 1.66. The molecule has 2 aliphatic heterocycles. The molecular formula is C23H29LiN2O4S. The standard InChI is InChI=1S/C23H30N2O4S.Li/c1-12-11-30-20-16(19(27)25(20)17(12)21(28)29)24-10-13-8-14(22(2,3)4)18(26)15(9-13)23(5,6)7;/h8-10,16,20,26H,11H2,1-7H3,(H,28,29);/q;+1/p-1/b24-10+;/t16-,20-;/m1./s1. The number of hydrogen-bond acceptors (Lipinski definition) is 6. The predicted octanol–water partition coefficient (Wildman–Crippen LogP) is -0.282. The van der Waals surface area contributed by atoms with Crippen LogP contribution >= 0.6 is 11.8 Å². The number of phenolic OH excluding ortho intramolecular Hbond substituents is 1. The van der Waals surface area contributed by atoms with Crippen molar-refractivity contribution in [2.75, 3.05) is 5.75 Å². The molecule has 0 spiro atoms. The Kier molecular flexibility index (Phi) is 7.17. The summed E-state index contributed by atoms with van der Waals surface area (Å²) in [7, 11) is 0. The first-order valence-corrected chi connectivity index (χ1v) is 11.0. The molecular weight excluding hydrogens is 407 g/mol. The minimum absolute atomic E-state index is 0. The number of carbonyl (C=O) groups excluding carboxylic acids is 2. The largest absolute Gasteiger partial charge is 1.00 e. The van der Waals surface area contributed by atoms with Crippen LogP contribution in [0, 0.1) is 0 Å². The number of phenols is 1. The second-order valence-electron chi connectivity index (χ2n) is 10.0. The van der Waals surface area contributed by atoms with E-state index in [2.05, 4.69) is 4.99 Å². The Balaban J connectivity index is 0.00000341. The molecule has 1 amide bonds. The van der Waals surface area contributed by atoms with E-state index in [1.807, 2.05) is 53.7 Å². The van der Waals surface area contributed by atoms with E-state index in [9.17, 15) is 19.8 Å². The monoisotopic (exact) mass is 436 g/mol. The molecule has 3 rings (SSSR count). The zero-order valence-electron chi connectivity index (χ0n) is 19.6. The van der Waals surface area contributed by atoms with E-state index in [1.54, 1.807) is 13.1 Å².